The Morgan fingerprint density at radius 1 is 1.10 bits per heavy atom. The molecule has 0 aromatic heterocycles. The van der Waals surface area contributed by atoms with Gasteiger partial charge in [-0.15, -0.1) is 0 Å². The monoisotopic (exact) mass is 341 g/mol. The van der Waals surface area contributed by atoms with E-state index in [-0.39, 0.29) is 6.10 Å². The minimum absolute atomic E-state index is 0.145. The van der Waals surface area contributed by atoms with Crippen LogP contribution in [-0.2, 0) is 4.74 Å². The lowest BCUT2D eigenvalue weighted by Gasteiger charge is -2.20. The van der Waals surface area contributed by atoms with Gasteiger partial charge in [0.2, 0.25) is 0 Å². The van der Waals surface area contributed by atoms with Crippen LogP contribution in [0.15, 0.2) is 28.7 Å². The maximum absolute atomic E-state index is 6.09. The van der Waals surface area contributed by atoms with Gasteiger partial charge in [-0.3, -0.25) is 0 Å². The first kappa shape index (κ1) is 17.7. The Morgan fingerprint density at radius 2 is 1.80 bits per heavy atom. The SMILES string of the molecule is CCCCCCOC(CNC(C)C)c1ccc(Br)cc1. The third-order valence-corrected chi connectivity index (χ3v) is 3.80. The fourth-order valence-corrected chi connectivity index (χ4v) is 2.31. The van der Waals surface area contributed by atoms with Gasteiger partial charge in [0, 0.05) is 23.7 Å². The van der Waals surface area contributed by atoms with E-state index in [1.54, 1.807) is 0 Å². The van der Waals surface area contributed by atoms with E-state index in [0.29, 0.717) is 6.04 Å². The van der Waals surface area contributed by atoms with Crippen LogP contribution >= 0.6 is 15.9 Å². The Morgan fingerprint density at radius 3 is 2.40 bits per heavy atom. The number of hydrogen-bond acceptors (Lipinski definition) is 2. The predicted molar refractivity (Wildman–Crippen MR) is 90.1 cm³/mol. The fourth-order valence-electron chi connectivity index (χ4n) is 2.05. The maximum atomic E-state index is 6.09. The number of nitrogens with one attached hydrogen (secondary N) is 1. The molecule has 0 saturated heterocycles. The molecule has 0 aliphatic carbocycles. The zero-order valence-electron chi connectivity index (χ0n) is 13.0. The van der Waals surface area contributed by atoms with Crippen LogP contribution in [0.1, 0.15) is 58.1 Å². The van der Waals surface area contributed by atoms with Gasteiger partial charge in [0.1, 0.15) is 0 Å². The minimum Gasteiger partial charge on any atom is -0.372 e. The Labute approximate surface area is 132 Å². The standard InChI is InChI=1S/C17H28BrNO/c1-4-5-6-7-12-20-17(13-19-14(2)3)15-8-10-16(18)11-9-15/h8-11,14,17,19H,4-7,12-13H2,1-3H3. The van der Waals surface area contributed by atoms with Crippen molar-refractivity contribution in [3.05, 3.63) is 34.3 Å². The largest absolute Gasteiger partial charge is 0.372 e. The van der Waals surface area contributed by atoms with E-state index in [9.17, 15) is 0 Å². The van der Waals surface area contributed by atoms with Crippen molar-refractivity contribution in [1.29, 1.82) is 0 Å². The van der Waals surface area contributed by atoms with E-state index >= 15 is 0 Å². The van der Waals surface area contributed by atoms with E-state index in [1.807, 2.05) is 0 Å². The van der Waals surface area contributed by atoms with Crippen molar-refractivity contribution in [2.45, 2.75) is 58.6 Å². The molecule has 0 fully saturated rings. The molecule has 1 aromatic carbocycles. The average molecular weight is 342 g/mol. The summed E-state index contributed by atoms with van der Waals surface area (Å²) in [6.45, 7) is 8.28. The quantitative estimate of drug-likeness (QED) is 0.598. The lowest BCUT2D eigenvalue weighted by atomic mass is 10.1. The second-order valence-electron chi connectivity index (χ2n) is 5.53. The van der Waals surface area contributed by atoms with Crippen LogP contribution in [0.2, 0.25) is 0 Å². The summed E-state index contributed by atoms with van der Waals surface area (Å²) in [7, 11) is 0. The van der Waals surface area contributed by atoms with Crippen molar-refractivity contribution >= 4 is 15.9 Å². The molecule has 0 spiro atoms. The number of ether oxygens (including phenoxy) is 1. The van der Waals surface area contributed by atoms with Gasteiger partial charge in [0.15, 0.2) is 0 Å². The third kappa shape index (κ3) is 7.41. The second kappa shape index (κ2) is 10.4. The summed E-state index contributed by atoms with van der Waals surface area (Å²) in [5, 5.41) is 3.47. The Hall–Kier alpha value is -0.380. The lowest BCUT2D eigenvalue weighted by Crippen LogP contribution is -2.29. The van der Waals surface area contributed by atoms with E-state index in [0.717, 1.165) is 24.0 Å². The fraction of sp³-hybridized carbons (Fsp3) is 0.647. The van der Waals surface area contributed by atoms with Crippen molar-refractivity contribution in [2.75, 3.05) is 13.2 Å². The molecule has 1 unspecified atom stereocenters. The first-order valence-electron chi connectivity index (χ1n) is 7.74. The molecule has 2 nitrogen and oxygen atoms in total. The predicted octanol–water partition coefficient (Wildman–Crippen LogP) is 5.09. The summed E-state index contributed by atoms with van der Waals surface area (Å²) in [5.74, 6) is 0. The molecule has 0 heterocycles. The smallest absolute Gasteiger partial charge is 0.0949 e. The van der Waals surface area contributed by atoms with Crippen LogP contribution in [0.4, 0.5) is 0 Å². The highest BCUT2D eigenvalue weighted by molar-refractivity contribution is 9.10. The van der Waals surface area contributed by atoms with Gasteiger partial charge in [0.25, 0.3) is 0 Å². The molecule has 0 saturated carbocycles. The molecule has 1 N–H and O–H groups in total. The van der Waals surface area contributed by atoms with Crippen molar-refractivity contribution in [3.63, 3.8) is 0 Å². The molecule has 0 aliphatic heterocycles. The van der Waals surface area contributed by atoms with Gasteiger partial charge in [-0.1, -0.05) is 68.1 Å². The molecule has 0 aliphatic rings. The Bertz CT molecular complexity index is 351. The maximum Gasteiger partial charge on any atom is 0.0949 e. The summed E-state index contributed by atoms with van der Waals surface area (Å²) >= 11 is 3.48. The van der Waals surface area contributed by atoms with Gasteiger partial charge in [0.05, 0.1) is 6.10 Å². The zero-order valence-corrected chi connectivity index (χ0v) is 14.6. The number of unbranched alkanes of at least 4 members (excludes halogenated alkanes) is 3. The van der Waals surface area contributed by atoms with Crippen LogP contribution in [0.25, 0.3) is 0 Å². The molecule has 0 bridgehead atoms. The summed E-state index contributed by atoms with van der Waals surface area (Å²) in [6.07, 6.45) is 5.14. The van der Waals surface area contributed by atoms with Crippen LogP contribution in [0, 0.1) is 0 Å². The zero-order chi connectivity index (χ0) is 14.8. The van der Waals surface area contributed by atoms with Gasteiger partial charge in [-0.2, -0.15) is 0 Å². The molecular formula is C17H28BrNO. The van der Waals surface area contributed by atoms with E-state index in [2.05, 4.69) is 66.3 Å². The first-order valence-corrected chi connectivity index (χ1v) is 8.53. The highest BCUT2D eigenvalue weighted by atomic mass is 79.9. The van der Waals surface area contributed by atoms with Crippen LogP contribution in [-0.4, -0.2) is 19.2 Å². The van der Waals surface area contributed by atoms with E-state index in [1.165, 1.54) is 24.8 Å². The number of benzene rings is 1. The number of rotatable bonds is 10. The Balaban J connectivity index is 2.49. The molecule has 3 heteroatoms. The molecule has 114 valence electrons. The van der Waals surface area contributed by atoms with Crippen LogP contribution in [0.5, 0.6) is 0 Å². The molecular weight excluding hydrogens is 314 g/mol. The van der Waals surface area contributed by atoms with Crippen molar-refractivity contribution in [3.8, 4) is 0 Å². The summed E-state index contributed by atoms with van der Waals surface area (Å²) in [4.78, 5) is 0. The van der Waals surface area contributed by atoms with Gasteiger partial charge in [-0.25, -0.2) is 0 Å². The van der Waals surface area contributed by atoms with Gasteiger partial charge < -0.3 is 10.1 Å². The van der Waals surface area contributed by atoms with E-state index in [4.69, 9.17) is 4.74 Å². The second-order valence-corrected chi connectivity index (χ2v) is 6.45. The summed E-state index contributed by atoms with van der Waals surface area (Å²) in [5.41, 5.74) is 1.25. The highest BCUT2D eigenvalue weighted by Crippen LogP contribution is 2.20. The van der Waals surface area contributed by atoms with Gasteiger partial charge >= 0.3 is 0 Å². The molecule has 1 rings (SSSR count). The first-order chi connectivity index (χ1) is 9.63. The summed E-state index contributed by atoms with van der Waals surface area (Å²) < 4.78 is 7.20. The topological polar surface area (TPSA) is 21.3 Å². The van der Waals surface area contributed by atoms with Crippen molar-refractivity contribution in [1.82, 2.24) is 5.32 Å². The lowest BCUT2D eigenvalue weighted by molar-refractivity contribution is 0.0486. The van der Waals surface area contributed by atoms with Crippen molar-refractivity contribution < 1.29 is 4.74 Å². The van der Waals surface area contributed by atoms with Gasteiger partial charge in [-0.05, 0) is 24.1 Å². The third-order valence-electron chi connectivity index (χ3n) is 3.27. The molecule has 20 heavy (non-hydrogen) atoms. The Kier molecular flexibility index (Phi) is 9.16. The molecule has 0 radical (unpaired) electrons. The highest BCUT2D eigenvalue weighted by Gasteiger charge is 2.12. The van der Waals surface area contributed by atoms with Crippen LogP contribution in [0.3, 0.4) is 0 Å². The normalized spacial score (nSPS) is 12.8. The minimum atomic E-state index is 0.145. The van der Waals surface area contributed by atoms with E-state index < -0.39 is 0 Å². The summed E-state index contributed by atoms with van der Waals surface area (Å²) in [6, 6.07) is 8.93. The average Bonchev–Trinajstić information content (AvgIpc) is 2.43. The van der Waals surface area contributed by atoms with Crippen molar-refractivity contribution in [2.24, 2.45) is 0 Å². The molecule has 1 aromatic rings. The number of hydrogen-bond donors (Lipinski definition) is 1. The van der Waals surface area contributed by atoms with Crippen LogP contribution < -0.4 is 5.32 Å². The molecule has 0 amide bonds. The molecule has 1 atom stereocenters. The number of halogens is 1.